The quantitative estimate of drug-likeness (QED) is 0.490. The van der Waals surface area contributed by atoms with Crippen LogP contribution in [0.1, 0.15) is 49.5 Å². The Kier molecular flexibility index (Phi) is 8.90. The zero-order valence-corrected chi connectivity index (χ0v) is 18.5. The summed E-state index contributed by atoms with van der Waals surface area (Å²) in [7, 11) is 1.63. The Bertz CT molecular complexity index is 709. The molecule has 1 aromatic carbocycles. The van der Waals surface area contributed by atoms with Gasteiger partial charge >= 0.3 is 0 Å². The summed E-state index contributed by atoms with van der Waals surface area (Å²) in [4.78, 5) is 24.7. The van der Waals surface area contributed by atoms with Gasteiger partial charge in [-0.25, -0.2) is 0 Å². The second-order valence-electron chi connectivity index (χ2n) is 8.54. The maximum Gasteiger partial charge on any atom is 0.251 e. The molecule has 0 saturated heterocycles. The summed E-state index contributed by atoms with van der Waals surface area (Å²) >= 11 is 0. The first-order chi connectivity index (χ1) is 13.8. The molecule has 0 aromatic heterocycles. The van der Waals surface area contributed by atoms with Crippen LogP contribution < -0.4 is 10.6 Å². The van der Waals surface area contributed by atoms with Crippen LogP contribution in [0.5, 0.6) is 0 Å². The lowest BCUT2D eigenvalue weighted by Crippen LogP contribution is -2.38. The highest BCUT2D eigenvalue weighted by molar-refractivity contribution is 5.94. The van der Waals surface area contributed by atoms with Gasteiger partial charge in [0.15, 0.2) is 0 Å². The number of carbonyl (C=O) groups is 2. The van der Waals surface area contributed by atoms with Crippen molar-refractivity contribution >= 4 is 11.8 Å². The maximum absolute atomic E-state index is 12.5. The van der Waals surface area contributed by atoms with Gasteiger partial charge in [0, 0.05) is 32.2 Å². The van der Waals surface area contributed by atoms with Gasteiger partial charge in [0.05, 0.1) is 6.61 Å². The van der Waals surface area contributed by atoms with E-state index in [9.17, 15) is 9.59 Å². The highest BCUT2D eigenvalue weighted by Crippen LogP contribution is 2.38. The van der Waals surface area contributed by atoms with Crippen molar-refractivity contribution in [2.45, 2.75) is 40.5 Å². The van der Waals surface area contributed by atoms with Crippen molar-refractivity contribution in [3.05, 3.63) is 47.0 Å². The van der Waals surface area contributed by atoms with Crippen LogP contribution in [0.4, 0.5) is 0 Å². The van der Waals surface area contributed by atoms with E-state index in [1.165, 1.54) is 5.57 Å². The van der Waals surface area contributed by atoms with Crippen molar-refractivity contribution in [3.63, 3.8) is 0 Å². The van der Waals surface area contributed by atoms with Crippen molar-refractivity contribution in [1.29, 1.82) is 0 Å². The Hall–Kier alpha value is -2.14. The van der Waals surface area contributed by atoms with Gasteiger partial charge in [0.1, 0.15) is 0 Å². The van der Waals surface area contributed by atoms with E-state index >= 15 is 0 Å². The van der Waals surface area contributed by atoms with Gasteiger partial charge < -0.3 is 15.4 Å². The third-order valence-corrected chi connectivity index (χ3v) is 5.96. The van der Waals surface area contributed by atoms with E-state index in [2.05, 4.69) is 37.5 Å². The molecule has 1 aliphatic carbocycles. The van der Waals surface area contributed by atoms with Crippen LogP contribution in [0.25, 0.3) is 0 Å². The number of allylic oxidation sites excluding steroid dienone is 1. The third-order valence-electron chi connectivity index (χ3n) is 5.96. The van der Waals surface area contributed by atoms with Crippen LogP contribution in [-0.2, 0) is 9.53 Å². The van der Waals surface area contributed by atoms with Crippen molar-refractivity contribution in [1.82, 2.24) is 10.6 Å². The minimum atomic E-state index is -0.0294. The molecular formula is C24H36N2O3. The molecule has 0 aliphatic heterocycles. The molecule has 2 amide bonds. The van der Waals surface area contributed by atoms with Gasteiger partial charge in [0.2, 0.25) is 5.91 Å². The van der Waals surface area contributed by atoms with Gasteiger partial charge in [-0.05, 0) is 56.1 Å². The molecular weight excluding hydrogens is 364 g/mol. The first kappa shape index (κ1) is 23.1. The molecule has 0 unspecified atom stereocenters. The van der Waals surface area contributed by atoms with E-state index < -0.39 is 0 Å². The summed E-state index contributed by atoms with van der Waals surface area (Å²) in [6, 6.07) is 7.65. The molecule has 2 N–H and O–H groups in total. The summed E-state index contributed by atoms with van der Waals surface area (Å²) < 4.78 is 4.99. The lowest BCUT2D eigenvalue weighted by atomic mass is 9.69. The Labute approximate surface area is 175 Å². The number of benzene rings is 1. The van der Waals surface area contributed by atoms with E-state index in [-0.39, 0.29) is 23.7 Å². The number of hydrogen-bond donors (Lipinski definition) is 2. The fraction of sp³-hybridized carbons (Fsp3) is 0.583. The molecule has 2 rings (SSSR count). The number of aryl methyl sites for hydroxylation is 1. The van der Waals surface area contributed by atoms with Gasteiger partial charge in [-0.2, -0.15) is 0 Å². The Morgan fingerprint density at radius 2 is 1.83 bits per heavy atom. The van der Waals surface area contributed by atoms with E-state index in [0.29, 0.717) is 43.5 Å². The van der Waals surface area contributed by atoms with Crippen molar-refractivity contribution < 1.29 is 14.3 Å². The SMILES string of the molecule is COCCNC(=O)C[C@@H]1C[C@@H](C(C)C)[C@H](CNC(=O)c2ccc(C)cc2)C=C1C. The standard InChI is InChI=1S/C24H36N2O3/c1-16(2)22-13-20(14-23(27)25-10-11-29-5)18(4)12-21(22)15-26-24(28)19-8-6-17(3)7-9-19/h6-9,12,16,20-22H,10-11,13-15H2,1-5H3,(H,25,27)(H,26,28)/t20-,21-,22-/m0/s1. The predicted octanol–water partition coefficient (Wildman–Crippen LogP) is 3.73. The topological polar surface area (TPSA) is 67.4 Å². The Balaban J connectivity index is 1.98. The summed E-state index contributed by atoms with van der Waals surface area (Å²) in [5.74, 6) is 1.52. The van der Waals surface area contributed by atoms with E-state index in [0.717, 1.165) is 12.0 Å². The lowest BCUT2D eigenvalue weighted by molar-refractivity contribution is -0.122. The maximum atomic E-state index is 12.5. The Morgan fingerprint density at radius 1 is 1.14 bits per heavy atom. The van der Waals surface area contributed by atoms with Crippen molar-refractivity contribution in [2.75, 3.05) is 26.8 Å². The molecule has 0 spiro atoms. The number of amides is 2. The lowest BCUT2D eigenvalue weighted by Gasteiger charge is -2.37. The summed E-state index contributed by atoms with van der Waals surface area (Å²) in [6.07, 6.45) is 3.76. The second kappa shape index (κ2) is 11.1. The number of carbonyl (C=O) groups excluding carboxylic acids is 2. The molecule has 3 atom stereocenters. The number of methoxy groups -OCH3 is 1. The van der Waals surface area contributed by atoms with E-state index in [4.69, 9.17) is 4.74 Å². The normalized spacial score (nSPS) is 21.6. The van der Waals surface area contributed by atoms with Gasteiger partial charge in [-0.15, -0.1) is 0 Å². The van der Waals surface area contributed by atoms with Gasteiger partial charge in [-0.3, -0.25) is 9.59 Å². The second-order valence-corrected chi connectivity index (χ2v) is 8.54. The first-order valence-electron chi connectivity index (χ1n) is 10.6. The average molecular weight is 401 g/mol. The van der Waals surface area contributed by atoms with Crippen LogP contribution in [-0.4, -0.2) is 38.6 Å². The Morgan fingerprint density at radius 3 is 2.45 bits per heavy atom. The third kappa shape index (κ3) is 7.00. The van der Waals surface area contributed by atoms with Crippen molar-refractivity contribution in [2.24, 2.45) is 23.7 Å². The molecule has 29 heavy (non-hydrogen) atoms. The molecule has 1 aromatic rings. The molecule has 1 aliphatic rings. The largest absolute Gasteiger partial charge is 0.383 e. The van der Waals surface area contributed by atoms with Crippen LogP contribution >= 0.6 is 0 Å². The fourth-order valence-corrected chi connectivity index (χ4v) is 4.11. The molecule has 0 fully saturated rings. The zero-order chi connectivity index (χ0) is 21.4. The smallest absolute Gasteiger partial charge is 0.251 e. The number of nitrogens with one attached hydrogen (secondary N) is 2. The van der Waals surface area contributed by atoms with Gasteiger partial charge in [0.25, 0.3) is 5.91 Å². The molecule has 5 heteroatoms. The molecule has 160 valence electrons. The zero-order valence-electron chi connectivity index (χ0n) is 18.5. The predicted molar refractivity (Wildman–Crippen MR) is 117 cm³/mol. The summed E-state index contributed by atoms with van der Waals surface area (Å²) in [5.41, 5.74) is 3.08. The molecule has 5 nitrogen and oxygen atoms in total. The number of ether oxygens (including phenoxy) is 1. The minimum absolute atomic E-state index is 0.0294. The molecule has 0 heterocycles. The average Bonchev–Trinajstić information content (AvgIpc) is 2.68. The van der Waals surface area contributed by atoms with Crippen LogP contribution in [0, 0.1) is 30.6 Å². The van der Waals surface area contributed by atoms with E-state index in [1.807, 2.05) is 31.2 Å². The summed E-state index contributed by atoms with van der Waals surface area (Å²) in [5, 5.41) is 6.03. The minimum Gasteiger partial charge on any atom is -0.383 e. The van der Waals surface area contributed by atoms with Crippen LogP contribution in [0.3, 0.4) is 0 Å². The van der Waals surface area contributed by atoms with Gasteiger partial charge in [-0.1, -0.05) is 43.2 Å². The number of hydrogen-bond acceptors (Lipinski definition) is 3. The van der Waals surface area contributed by atoms with E-state index in [1.54, 1.807) is 7.11 Å². The highest BCUT2D eigenvalue weighted by Gasteiger charge is 2.32. The molecule has 0 radical (unpaired) electrons. The fourth-order valence-electron chi connectivity index (χ4n) is 4.11. The molecule has 0 saturated carbocycles. The number of rotatable bonds is 9. The monoisotopic (exact) mass is 400 g/mol. The molecule has 0 bridgehead atoms. The summed E-state index contributed by atoms with van der Waals surface area (Å²) in [6.45, 7) is 10.3. The van der Waals surface area contributed by atoms with Crippen molar-refractivity contribution in [3.8, 4) is 0 Å². The first-order valence-corrected chi connectivity index (χ1v) is 10.6. The highest BCUT2D eigenvalue weighted by atomic mass is 16.5. The van der Waals surface area contributed by atoms with Crippen LogP contribution in [0.15, 0.2) is 35.9 Å². The van der Waals surface area contributed by atoms with Crippen LogP contribution in [0.2, 0.25) is 0 Å².